The van der Waals surface area contributed by atoms with Crippen molar-refractivity contribution in [1.82, 2.24) is 5.32 Å². The first-order valence-corrected chi connectivity index (χ1v) is 7.93. The summed E-state index contributed by atoms with van der Waals surface area (Å²) < 4.78 is 25.0. The molecule has 0 radical (unpaired) electrons. The predicted octanol–water partition coefficient (Wildman–Crippen LogP) is 3.43. The number of aliphatic hydroxyl groups is 1. The average molecular weight is 315 g/mol. The molecule has 1 aliphatic rings. The molecule has 0 unspecified atom stereocenters. The summed E-state index contributed by atoms with van der Waals surface area (Å²) in [5.41, 5.74) is -0.638. The molecule has 0 saturated heterocycles. The Hall–Kier alpha value is -1.14. The van der Waals surface area contributed by atoms with Crippen molar-refractivity contribution in [3.05, 3.63) is 29.8 Å². The maximum absolute atomic E-state index is 12.5. The lowest BCUT2D eigenvalue weighted by molar-refractivity contribution is 0.00523. The van der Waals surface area contributed by atoms with Crippen LogP contribution in [0.3, 0.4) is 0 Å². The van der Waals surface area contributed by atoms with Gasteiger partial charge in [0.2, 0.25) is 0 Å². The lowest BCUT2D eigenvalue weighted by Crippen LogP contribution is -2.44. The van der Waals surface area contributed by atoms with Gasteiger partial charge in [0, 0.05) is 11.4 Å². The first-order chi connectivity index (χ1) is 10.0. The minimum atomic E-state index is -2.57. The molecule has 0 atom stereocenters. The molecular formula is C15H19F2NO2S. The van der Waals surface area contributed by atoms with Gasteiger partial charge in [0.1, 0.15) is 0 Å². The lowest BCUT2D eigenvalue weighted by Gasteiger charge is -2.32. The molecule has 0 heterocycles. The summed E-state index contributed by atoms with van der Waals surface area (Å²) in [4.78, 5) is 12.4. The van der Waals surface area contributed by atoms with E-state index in [4.69, 9.17) is 0 Å². The minimum absolute atomic E-state index is 0.166. The van der Waals surface area contributed by atoms with Gasteiger partial charge in [0.05, 0.1) is 11.2 Å². The molecule has 1 saturated carbocycles. The van der Waals surface area contributed by atoms with Crippen molar-refractivity contribution in [3.63, 3.8) is 0 Å². The largest absolute Gasteiger partial charge is 0.388 e. The fraction of sp³-hybridized carbons (Fsp3) is 0.533. The Morgan fingerprint density at radius 1 is 1.29 bits per heavy atom. The third-order valence-electron chi connectivity index (χ3n) is 3.71. The zero-order valence-electron chi connectivity index (χ0n) is 11.6. The van der Waals surface area contributed by atoms with Crippen molar-refractivity contribution in [1.29, 1.82) is 0 Å². The lowest BCUT2D eigenvalue weighted by atomic mass is 9.85. The zero-order valence-corrected chi connectivity index (χ0v) is 12.5. The summed E-state index contributed by atoms with van der Waals surface area (Å²) in [5, 5.41) is 13.0. The molecule has 0 bridgehead atoms. The van der Waals surface area contributed by atoms with Crippen LogP contribution in [0.5, 0.6) is 0 Å². The van der Waals surface area contributed by atoms with Crippen molar-refractivity contribution in [2.24, 2.45) is 0 Å². The second-order valence-electron chi connectivity index (χ2n) is 5.34. The molecule has 2 rings (SSSR count). The van der Waals surface area contributed by atoms with E-state index in [9.17, 15) is 18.7 Å². The molecule has 1 aromatic rings. The topological polar surface area (TPSA) is 49.3 Å². The Morgan fingerprint density at radius 2 is 1.95 bits per heavy atom. The van der Waals surface area contributed by atoms with Gasteiger partial charge >= 0.3 is 0 Å². The van der Waals surface area contributed by atoms with Gasteiger partial charge in [-0.15, -0.1) is 0 Å². The van der Waals surface area contributed by atoms with Crippen LogP contribution in [0.4, 0.5) is 8.78 Å². The predicted molar refractivity (Wildman–Crippen MR) is 78.7 cm³/mol. The molecule has 3 nitrogen and oxygen atoms in total. The second-order valence-corrected chi connectivity index (χ2v) is 6.37. The van der Waals surface area contributed by atoms with Gasteiger partial charge in [-0.3, -0.25) is 4.79 Å². The van der Waals surface area contributed by atoms with Crippen LogP contribution in [-0.4, -0.2) is 28.9 Å². The Bertz CT molecular complexity index is 490. The van der Waals surface area contributed by atoms with Crippen LogP contribution in [0.25, 0.3) is 0 Å². The van der Waals surface area contributed by atoms with Crippen molar-refractivity contribution in [2.75, 3.05) is 6.54 Å². The van der Waals surface area contributed by atoms with E-state index in [-0.39, 0.29) is 17.0 Å². The number of hydrogen-bond acceptors (Lipinski definition) is 3. The summed E-state index contributed by atoms with van der Waals surface area (Å²) in [6, 6.07) is 6.28. The number of hydrogen-bond donors (Lipinski definition) is 2. The highest BCUT2D eigenvalue weighted by Gasteiger charge is 2.29. The van der Waals surface area contributed by atoms with E-state index in [1.165, 1.54) is 12.1 Å². The fourth-order valence-corrected chi connectivity index (χ4v) is 3.22. The van der Waals surface area contributed by atoms with Crippen molar-refractivity contribution < 1.29 is 18.7 Å². The van der Waals surface area contributed by atoms with Crippen LogP contribution in [0.15, 0.2) is 29.2 Å². The Balaban J connectivity index is 2.00. The quantitative estimate of drug-likeness (QED) is 0.819. The third kappa shape index (κ3) is 4.68. The van der Waals surface area contributed by atoms with Crippen molar-refractivity contribution in [2.45, 2.75) is 48.4 Å². The zero-order chi connectivity index (χ0) is 15.3. The molecular weight excluding hydrogens is 296 g/mol. The standard InChI is InChI=1S/C15H19F2NO2S/c16-14(17)21-12-7-3-2-6-11(12)13(19)18-10-15(20)8-4-1-5-9-15/h2-3,6-7,14,20H,1,4-5,8-10H2,(H,18,19). The fourth-order valence-electron chi connectivity index (χ4n) is 2.58. The molecule has 0 aliphatic heterocycles. The highest BCUT2D eigenvalue weighted by Crippen LogP contribution is 2.29. The molecule has 0 aromatic heterocycles. The smallest absolute Gasteiger partial charge is 0.288 e. The van der Waals surface area contributed by atoms with Gasteiger partial charge in [0.25, 0.3) is 11.7 Å². The van der Waals surface area contributed by atoms with Crippen LogP contribution in [-0.2, 0) is 0 Å². The molecule has 21 heavy (non-hydrogen) atoms. The van der Waals surface area contributed by atoms with Crippen LogP contribution >= 0.6 is 11.8 Å². The molecule has 1 aliphatic carbocycles. The summed E-state index contributed by atoms with van der Waals surface area (Å²) >= 11 is 0.357. The highest BCUT2D eigenvalue weighted by molar-refractivity contribution is 7.99. The van der Waals surface area contributed by atoms with E-state index in [0.29, 0.717) is 24.6 Å². The summed E-state index contributed by atoms with van der Waals surface area (Å²) in [5.74, 6) is -2.99. The van der Waals surface area contributed by atoms with Crippen LogP contribution in [0.1, 0.15) is 42.5 Å². The molecule has 2 N–H and O–H groups in total. The molecule has 0 spiro atoms. The molecule has 116 valence electrons. The first-order valence-electron chi connectivity index (χ1n) is 7.05. The SMILES string of the molecule is O=C(NCC1(O)CCCCC1)c1ccccc1SC(F)F. The maximum atomic E-state index is 12.5. The summed E-state index contributed by atoms with van der Waals surface area (Å²) in [6.07, 6.45) is 4.33. The number of halogens is 2. The average Bonchev–Trinajstić information content (AvgIpc) is 2.46. The highest BCUT2D eigenvalue weighted by atomic mass is 32.2. The van der Waals surface area contributed by atoms with E-state index < -0.39 is 17.3 Å². The second kappa shape index (κ2) is 7.22. The summed E-state index contributed by atoms with van der Waals surface area (Å²) in [7, 11) is 0. The van der Waals surface area contributed by atoms with Gasteiger partial charge in [-0.05, 0) is 25.0 Å². The van der Waals surface area contributed by atoms with E-state index in [1.807, 2.05) is 0 Å². The number of alkyl halides is 2. The van der Waals surface area contributed by atoms with Gasteiger partial charge in [-0.25, -0.2) is 0 Å². The van der Waals surface area contributed by atoms with Gasteiger partial charge < -0.3 is 10.4 Å². The van der Waals surface area contributed by atoms with Crippen molar-refractivity contribution in [3.8, 4) is 0 Å². The van der Waals surface area contributed by atoms with Crippen LogP contribution in [0.2, 0.25) is 0 Å². The number of carbonyl (C=O) groups is 1. The molecule has 6 heteroatoms. The van der Waals surface area contributed by atoms with E-state index in [1.54, 1.807) is 12.1 Å². The number of thioether (sulfide) groups is 1. The monoisotopic (exact) mass is 315 g/mol. The third-order valence-corrected chi connectivity index (χ3v) is 4.50. The maximum Gasteiger partial charge on any atom is 0.288 e. The molecule has 1 aromatic carbocycles. The summed E-state index contributed by atoms with van der Waals surface area (Å²) in [6.45, 7) is 0.166. The van der Waals surface area contributed by atoms with Gasteiger partial charge in [-0.1, -0.05) is 43.2 Å². The number of amides is 1. The minimum Gasteiger partial charge on any atom is -0.388 e. The van der Waals surface area contributed by atoms with Crippen LogP contribution in [0, 0.1) is 0 Å². The number of carbonyl (C=O) groups excluding carboxylic acids is 1. The Labute approximate surface area is 127 Å². The number of rotatable bonds is 5. The number of benzene rings is 1. The van der Waals surface area contributed by atoms with Gasteiger partial charge in [-0.2, -0.15) is 8.78 Å². The Kier molecular flexibility index (Phi) is 5.58. The van der Waals surface area contributed by atoms with Crippen molar-refractivity contribution >= 4 is 17.7 Å². The van der Waals surface area contributed by atoms with Crippen LogP contribution < -0.4 is 5.32 Å². The van der Waals surface area contributed by atoms with E-state index >= 15 is 0 Å². The van der Waals surface area contributed by atoms with Gasteiger partial charge in [0.15, 0.2) is 0 Å². The number of nitrogens with one attached hydrogen (secondary N) is 1. The Morgan fingerprint density at radius 3 is 2.62 bits per heavy atom. The molecule has 1 amide bonds. The normalized spacial score (nSPS) is 17.7. The molecule has 1 fully saturated rings. The first kappa shape index (κ1) is 16.2. The van der Waals surface area contributed by atoms with E-state index in [0.717, 1.165) is 19.3 Å². The van der Waals surface area contributed by atoms with E-state index in [2.05, 4.69) is 5.32 Å².